The Bertz CT molecular complexity index is 2020. The van der Waals surface area contributed by atoms with Crippen LogP contribution in [0.2, 0.25) is 0 Å². The molecule has 1 N–H and O–H groups in total. The van der Waals surface area contributed by atoms with E-state index in [1.807, 2.05) is 57.8 Å². The number of anilines is 2. The van der Waals surface area contributed by atoms with Crippen molar-refractivity contribution >= 4 is 27.7 Å². The van der Waals surface area contributed by atoms with Crippen molar-refractivity contribution in [2.45, 2.75) is 103 Å². The number of carbonyl (C=O) groups excluding carboxylic acids is 1. The Balaban J connectivity index is 0.00000171. The van der Waals surface area contributed by atoms with Crippen molar-refractivity contribution in [3.8, 4) is 17.1 Å². The zero-order valence-corrected chi connectivity index (χ0v) is 31.5. The van der Waals surface area contributed by atoms with Crippen LogP contribution in [0.25, 0.3) is 11.3 Å². The van der Waals surface area contributed by atoms with Crippen LogP contribution in [0.5, 0.6) is 5.88 Å². The van der Waals surface area contributed by atoms with Gasteiger partial charge in [-0.3, -0.25) is 9.78 Å². The van der Waals surface area contributed by atoms with Crippen LogP contribution in [0, 0.1) is 19.3 Å². The molecule has 2 fully saturated rings. The summed E-state index contributed by atoms with van der Waals surface area (Å²) in [5, 5.41) is 0. The van der Waals surface area contributed by atoms with Crippen LogP contribution in [0.15, 0.2) is 65.8 Å². The normalized spacial score (nSPS) is 20.8. The van der Waals surface area contributed by atoms with E-state index in [9.17, 15) is 13.2 Å². The van der Waals surface area contributed by atoms with Crippen LogP contribution in [0.1, 0.15) is 94.8 Å². The predicted octanol–water partition coefficient (Wildman–Crippen LogP) is 7.60. The SMILES string of the molecule is CC.Cc1cccc(C)c1-c1cc2nc(n1)NS(=O)(=O)c1cccc(c1)C(=O)N(Cc1cncc(N(C)C3CCC3)n1)C1(CCC(C)(C)C1)CO2.[HH]. The highest BCUT2D eigenvalue weighted by Crippen LogP contribution is 2.48. The second-order valence-corrected chi connectivity index (χ2v) is 16.3. The van der Waals surface area contributed by atoms with Crippen molar-refractivity contribution in [1.29, 1.82) is 0 Å². The first-order valence-corrected chi connectivity index (χ1v) is 19.4. The lowest BCUT2D eigenvalue weighted by Crippen LogP contribution is -2.54. The fourth-order valence-electron chi connectivity index (χ4n) is 7.52. The molecule has 1 aliphatic heterocycles. The molecular formula is C39H51N7O4S. The van der Waals surface area contributed by atoms with E-state index in [1.165, 1.54) is 18.6 Å². The van der Waals surface area contributed by atoms with Crippen molar-refractivity contribution in [2.75, 3.05) is 23.3 Å². The average Bonchev–Trinajstić information content (AvgIpc) is 3.40. The molecule has 7 rings (SSSR count). The van der Waals surface area contributed by atoms with Crippen LogP contribution < -0.4 is 14.4 Å². The third-order valence-electron chi connectivity index (χ3n) is 10.4. The first-order valence-electron chi connectivity index (χ1n) is 17.9. The van der Waals surface area contributed by atoms with Gasteiger partial charge in [0.1, 0.15) is 12.4 Å². The molecule has 2 aromatic carbocycles. The van der Waals surface area contributed by atoms with Gasteiger partial charge < -0.3 is 14.5 Å². The molecule has 12 heteroatoms. The van der Waals surface area contributed by atoms with Gasteiger partial charge in [-0.25, -0.2) is 23.1 Å². The van der Waals surface area contributed by atoms with Gasteiger partial charge in [-0.2, -0.15) is 4.98 Å². The number of hydrogen-bond acceptors (Lipinski definition) is 9. The molecule has 2 aromatic heterocycles. The van der Waals surface area contributed by atoms with Crippen LogP contribution in [-0.2, 0) is 16.6 Å². The third-order valence-corrected chi connectivity index (χ3v) is 11.7. The van der Waals surface area contributed by atoms with E-state index in [2.05, 4.69) is 38.4 Å². The smallest absolute Gasteiger partial charge is 0.264 e. The van der Waals surface area contributed by atoms with Crippen molar-refractivity contribution in [3.63, 3.8) is 0 Å². The number of hydrogen-bond donors (Lipinski definition) is 1. The lowest BCUT2D eigenvalue weighted by molar-refractivity contribution is 0.0216. The summed E-state index contributed by atoms with van der Waals surface area (Å²) < 4.78 is 36.7. The van der Waals surface area contributed by atoms with E-state index in [-0.39, 0.29) is 48.2 Å². The summed E-state index contributed by atoms with van der Waals surface area (Å²) in [5.41, 5.74) is 3.46. The van der Waals surface area contributed by atoms with E-state index in [1.54, 1.807) is 30.6 Å². The lowest BCUT2D eigenvalue weighted by Gasteiger charge is -2.42. The molecule has 4 aromatic rings. The van der Waals surface area contributed by atoms with E-state index in [4.69, 9.17) is 9.72 Å². The van der Waals surface area contributed by atoms with Gasteiger partial charge in [0.25, 0.3) is 15.9 Å². The van der Waals surface area contributed by atoms with Gasteiger partial charge in [0.15, 0.2) is 0 Å². The number of sulfonamides is 1. The van der Waals surface area contributed by atoms with Crippen molar-refractivity contribution < 1.29 is 19.4 Å². The lowest BCUT2D eigenvalue weighted by atomic mass is 9.86. The second-order valence-electron chi connectivity index (χ2n) is 14.6. The number of nitrogens with zero attached hydrogens (tertiary/aromatic N) is 6. The highest BCUT2D eigenvalue weighted by atomic mass is 32.2. The standard InChI is InChI=1S/C37H43N7O4S.C2H6.H2/c1-24-9-6-10-25(2)33(24)30-18-32-41-35(40-30)42-49(46,47)29-14-7-11-26(17-29)34(45)44(37(23-48-32)16-15-36(3,4)22-37)21-27-19-38-20-31(39-27)43(5)28-12-8-13-28;1-2;/h6-7,9-11,14,17-20,28H,8,12-13,15-16,21-23H2,1-5H3,(H,40,41,42);1-2H3;1H. The number of nitrogens with one attached hydrogen (secondary N) is 1. The quantitative estimate of drug-likeness (QED) is 0.222. The molecule has 4 bridgehead atoms. The topological polar surface area (TPSA) is 131 Å². The minimum absolute atomic E-state index is 0. The van der Waals surface area contributed by atoms with Crippen LogP contribution in [0.4, 0.5) is 11.8 Å². The third kappa shape index (κ3) is 7.42. The van der Waals surface area contributed by atoms with Crippen LogP contribution >= 0.6 is 0 Å². The highest BCUT2D eigenvalue weighted by Gasteiger charge is 2.50. The number of benzene rings is 2. The Morgan fingerprint density at radius 1 is 1.00 bits per heavy atom. The summed E-state index contributed by atoms with van der Waals surface area (Å²) >= 11 is 0. The van der Waals surface area contributed by atoms with Gasteiger partial charge in [0.2, 0.25) is 11.8 Å². The van der Waals surface area contributed by atoms with Gasteiger partial charge in [-0.15, -0.1) is 0 Å². The number of aromatic nitrogens is 4. The predicted molar refractivity (Wildman–Crippen MR) is 201 cm³/mol. The van der Waals surface area contributed by atoms with E-state index in [0.29, 0.717) is 30.3 Å². The Morgan fingerprint density at radius 2 is 1.73 bits per heavy atom. The number of amides is 1. The number of rotatable bonds is 5. The first kappa shape index (κ1) is 36.2. The van der Waals surface area contributed by atoms with Gasteiger partial charge in [-0.1, -0.05) is 52.0 Å². The molecule has 51 heavy (non-hydrogen) atoms. The van der Waals surface area contributed by atoms with E-state index in [0.717, 1.165) is 41.8 Å². The maximum absolute atomic E-state index is 14.8. The number of fused-ring (bicyclic) bond motifs is 4. The van der Waals surface area contributed by atoms with Gasteiger partial charge in [0.05, 0.1) is 40.8 Å². The Morgan fingerprint density at radius 3 is 2.39 bits per heavy atom. The monoisotopic (exact) mass is 713 g/mol. The molecule has 11 nitrogen and oxygen atoms in total. The summed E-state index contributed by atoms with van der Waals surface area (Å²) in [4.78, 5) is 37.4. The Kier molecular flexibility index (Phi) is 10.1. The van der Waals surface area contributed by atoms with Gasteiger partial charge in [-0.05, 0) is 87.1 Å². The molecular weight excluding hydrogens is 663 g/mol. The van der Waals surface area contributed by atoms with Crippen molar-refractivity contribution in [3.05, 3.63) is 83.3 Å². The van der Waals surface area contributed by atoms with Gasteiger partial charge in [0, 0.05) is 31.7 Å². The Labute approximate surface area is 303 Å². The van der Waals surface area contributed by atoms with Gasteiger partial charge >= 0.3 is 0 Å². The fraction of sp³-hybridized carbons (Fsp3) is 0.462. The largest absolute Gasteiger partial charge is 0.475 e. The number of ether oxygens (including phenoxy) is 1. The summed E-state index contributed by atoms with van der Waals surface area (Å²) in [5.74, 6) is 0.582. The average molecular weight is 714 g/mol. The molecule has 0 radical (unpaired) electrons. The van der Waals surface area contributed by atoms with Crippen molar-refractivity contribution in [2.24, 2.45) is 5.41 Å². The summed E-state index contributed by atoms with van der Waals surface area (Å²) in [6, 6.07) is 14.3. The Hall–Kier alpha value is -4.58. The van der Waals surface area contributed by atoms with Crippen LogP contribution in [-0.4, -0.2) is 64.4 Å². The molecule has 3 heterocycles. The molecule has 272 valence electrons. The van der Waals surface area contributed by atoms with E-state index < -0.39 is 15.6 Å². The highest BCUT2D eigenvalue weighted by molar-refractivity contribution is 7.92. The molecule has 3 aliphatic rings. The number of aryl methyl sites for hydroxylation is 2. The molecule has 1 amide bonds. The molecule has 2 saturated carbocycles. The molecule has 0 saturated heterocycles. The maximum Gasteiger partial charge on any atom is 0.264 e. The fourth-order valence-corrected chi connectivity index (χ4v) is 8.51. The summed E-state index contributed by atoms with van der Waals surface area (Å²) in [6.45, 7) is 12.7. The molecule has 1 spiro atoms. The van der Waals surface area contributed by atoms with Crippen LogP contribution in [0.3, 0.4) is 0 Å². The van der Waals surface area contributed by atoms with E-state index >= 15 is 0 Å². The second kappa shape index (κ2) is 14.2. The summed E-state index contributed by atoms with van der Waals surface area (Å²) in [7, 11) is -2.13. The first-order chi connectivity index (χ1) is 24.3. The minimum Gasteiger partial charge on any atom is -0.475 e. The zero-order valence-electron chi connectivity index (χ0n) is 30.7. The molecule has 1 unspecified atom stereocenters. The maximum atomic E-state index is 14.8. The zero-order chi connectivity index (χ0) is 36.6. The molecule has 2 aliphatic carbocycles. The van der Waals surface area contributed by atoms with Crippen molar-refractivity contribution in [1.82, 2.24) is 24.8 Å². The number of carbonyl (C=O) groups is 1. The minimum atomic E-state index is -4.17. The molecule has 1 atom stereocenters. The summed E-state index contributed by atoms with van der Waals surface area (Å²) in [6.07, 6.45) is 9.13.